The van der Waals surface area contributed by atoms with Crippen molar-refractivity contribution in [2.75, 3.05) is 4.90 Å². The molecule has 308 valence electrons. The molecule has 0 unspecified atom stereocenters. The molecule has 1 nitrogen and oxygen atoms in total. The molecule has 9 aromatic carbocycles. The molecule has 0 N–H and O–H groups in total. The summed E-state index contributed by atoms with van der Waals surface area (Å²) in [6.07, 6.45) is 6.21. The van der Waals surface area contributed by atoms with Crippen LogP contribution in [-0.4, -0.2) is 0 Å². The summed E-state index contributed by atoms with van der Waals surface area (Å²) in [6, 6.07) is 79.6. The summed E-state index contributed by atoms with van der Waals surface area (Å²) in [5.74, 6) is 0. The lowest BCUT2D eigenvalue weighted by atomic mass is 9.68. The lowest BCUT2D eigenvalue weighted by Gasteiger charge is -2.37. The maximum Gasteiger partial charge on any atom is 0.0540 e. The van der Waals surface area contributed by atoms with E-state index in [0.717, 1.165) is 11.4 Å². The Kier molecular flexibility index (Phi) is 9.16. The minimum atomic E-state index is -0.131. The molecule has 0 amide bonds. The van der Waals surface area contributed by atoms with Crippen LogP contribution in [0.4, 0.5) is 17.1 Å². The molecule has 1 spiro atoms. The van der Waals surface area contributed by atoms with Crippen molar-refractivity contribution >= 4 is 17.1 Å². The predicted octanol–water partition coefficient (Wildman–Crippen LogP) is 17.4. The molecular weight excluding hydrogens is 771 g/mol. The summed E-state index contributed by atoms with van der Waals surface area (Å²) < 4.78 is 0. The second kappa shape index (κ2) is 15.2. The van der Waals surface area contributed by atoms with Crippen LogP contribution in [0.5, 0.6) is 0 Å². The molecule has 1 heteroatoms. The summed E-state index contributed by atoms with van der Waals surface area (Å²) in [6.45, 7) is 4.79. The third kappa shape index (κ3) is 5.98. The lowest BCUT2D eigenvalue weighted by Crippen LogP contribution is -2.28. The van der Waals surface area contributed by atoms with Gasteiger partial charge in [-0.2, -0.15) is 0 Å². The van der Waals surface area contributed by atoms with Crippen LogP contribution >= 0.6 is 0 Å². The number of nitrogens with zero attached hydrogens (tertiary/aromatic N) is 1. The van der Waals surface area contributed by atoms with Crippen molar-refractivity contribution in [2.45, 2.75) is 56.8 Å². The molecule has 64 heavy (non-hydrogen) atoms. The highest BCUT2D eigenvalue weighted by molar-refractivity contribution is 5.98. The van der Waals surface area contributed by atoms with Crippen molar-refractivity contribution in [1.82, 2.24) is 0 Å². The summed E-state index contributed by atoms with van der Waals surface area (Å²) in [5.41, 5.74) is 24.5. The quantitative estimate of drug-likeness (QED) is 0.155. The number of hydrogen-bond donors (Lipinski definition) is 0. The highest BCUT2D eigenvalue weighted by Gasteiger charge is 2.44. The molecule has 0 heterocycles. The number of anilines is 3. The van der Waals surface area contributed by atoms with Crippen LogP contribution in [0.15, 0.2) is 212 Å². The van der Waals surface area contributed by atoms with E-state index in [1.54, 1.807) is 0 Å². The first-order valence-electron chi connectivity index (χ1n) is 23.2. The van der Waals surface area contributed by atoms with Crippen LogP contribution in [-0.2, 0) is 10.8 Å². The number of para-hydroxylation sites is 1. The first-order chi connectivity index (χ1) is 31.5. The molecule has 3 aliphatic carbocycles. The van der Waals surface area contributed by atoms with Crippen molar-refractivity contribution in [3.63, 3.8) is 0 Å². The van der Waals surface area contributed by atoms with Gasteiger partial charge in [-0.05, 0) is 127 Å². The molecule has 12 rings (SSSR count). The number of fused-ring (bicyclic) bond motifs is 8. The second-order valence-electron chi connectivity index (χ2n) is 18.7. The lowest BCUT2D eigenvalue weighted by molar-refractivity contribution is 0.353. The van der Waals surface area contributed by atoms with Gasteiger partial charge in [0.15, 0.2) is 0 Å². The molecule has 0 saturated heterocycles. The van der Waals surface area contributed by atoms with Crippen molar-refractivity contribution in [1.29, 1.82) is 0 Å². The molecule has 9 aromatic rings. The highest BCUT2D eigenvalue weighted by Crippen LogP contribution is 2.58. The zero-order chi connectivity index (χ0) is 42.8. The van der Waals surface area contributed by atoms with Crippen molar-refractivity contribution < 1.29 is 0 Å². The minimum Gasteiger partial charge on any atom is -0.310 e. The summed E-state index contributed by atoms with van der Waals surface area (Å²) in [5, 5.41) is 0. The smallest absolute Gasteiger partial charge is 0.0540 e. The molecule has 0 bridgehead atoms. The van der Waals surface area contributed by atoms with E-state index in [9.17, 15) is 0 Å². The van der Waals surface area contributed by atoms with Gasteiger partial charge in [-0.25, -0.2) is 0 Å². The maximum atomic E-state index is 2.57. The van der Waals surface area contributed by atoms with Gasteiger partial charge in [0, 0.05) is 27.8 Å². The van der Waals surface area contributed by atoms with E-state index in [1.807, 2.05) is 0 Å². The van der Waals surface area contributed by atoms with Crippen molar-refractivity contribution in [3.05, 3.63) is 235 Å². The fraction of sp³-hybridized carbons (Fsp3) is 0.143. The fourth-order valence-electron chi connectivity index (χ4n) is 12.0. The third-order valence-corrected chi connectivity index (χ3v) is 14.9. The Labute approximate surface area is 378 Å². The van der Waals surface area contributed by atoms with E-state index in [0.29, 0.717) is 0 Å². The van der Waals surface area contributed by atoms with Gasteiger partial charge in [0.2, 0.25) is 0 Å². The SMILES string of the molecule is CC1(C)c2ccccc2-c2cccc(-c3cccc(N(c4ccc5c(c4)C4(CCCCC4)c4ccccc4-5)c4ccccc4-c4ccccc4-c4ccccc4-c4ccccc4)c3)c21. The average molecular weight is 822 g/mol. The Hall–Kier alpha value is -7.22. The van der Waals surface area contributed by atoms with E-state index in [1.165, 1.54) is 127 Å². The summed E-state index contributed by atoms with van der Waals surface area (Å²) >= 11 is 0. The second-order valence-corrected chi connectivity index (χ2v) is 18.7. The zero-order valence-electron chi connectivity index (χ0n) is 36.7. The Balaban J connectivity index is 1.08. The molecule has 0 atom stereocenters. The van der Waals surface area contributed by atoms with Crippen LogP contribution in [0.3, 0.4) is 0 Å². The van der Waals surface area contributed by atoms with Crippen LogP contribution in [0.25, 0.3) is 66.8 Å². The average Bonchev–Trinajstić information content (AvgIpc) is 3.76. The number of rotatable bonds is 7. The van der Waals surface area contributed by atoms with Gasteiger partial charge in [-0.1, -0.05) is 215 Å². The van der Waals surface area contributed by atoms with Crippen LogP contribution in [0.2, 0.25) is 0 Å². The largest absolute Gasteiger partial charge is 0.310 e. The monoisotopic (exact) mass is 821 g/mol. The normalized spacial score (nSPS) is 15.0. The summed E-state index contributed by atoms with van der Waals surface area (Å²) in [7, 11) is 0. The number of hydrogen-bond acceptors (Lipinski definition) is 1. The van der Waals surface area contributed by atoms with Gasteiger partial charge in [0.1, 0.15) is 0 Å². The first-order valence-corrected chi connectivity index (χ1v) is 23.2. The Morgan fingerprint density at radius 1 is 0.328 bits per heavy atom. The van der Waals surface area contributed by atoms with Gasteiger partial charge in [0.05, 0.1) is 5.69 Å². The highest BCUT2D eigenvalue weighted by atomic mass is 15.1. The van der Waals surface area contributed by atoms with E-state index < -0.39 is 0 Å². The van der Waals surface area contributed by atoms with Crippen LogP contribution in [0, 0.1) is 0 Å². The molecule has 0 aromatic heterocycles. The summed E-state index contributed by atoms with van der Waals surface area (Å²) in [4.78, 5) is 2.56. The predicted molar refractivity (Wildman–Crippen MR) is 270 cm³/mol. The van der Waals surface area contributed by atoms with Crippen molar-refractivity contribution in [3.8, 4) is 66.8 Å². The molecule has 0 aliphatic heterocycles. The molecule has 3 aliphatic rings. The van der Waals surface area contributed by atoms with E-state index in [-0.39, 0.29) is 10.8 Å². The van der Waals surface area contributed by atoms with E-state index >= 15 is 0 Å². The van der Waals surface area contributed by atoms with Crippen LogP contribution in [0.1, 0.15) is 68.2 Å². The topological polar surface area (TPSA) is 3.24 Å². The Bertz CT molecular complexity index is 3240. The Morgan fingerprint density at radius 3 is 1.58 bits per heavy atom. The van der Waals surface area contributed by atoms with Gasteiger partial charge in [-0.15, -0.1) is 0 Å². The van der Waals surface area contributed by atoms with Gasteiger partial charge in [-0.3, -0.25) is 0 Å². The maximum absolute atomic E-state index is 2.57. The third-order valence-electron chi connectivity index (χ3n) is 14.9. The van der Waals surface area contributed by atoms with E-state index in [2.05, 4.69) is 231 Å². The van der Waals surface area contributed by atoms with E-state index in [4.69, 9.17) is 0 Å². The van der Waals surface area contributed by atoms with Gasteiger partial charge in [0.25, 0.3) is 0 Å². The zero-order valence-corrected chi connectivity index (χ0v) is 36.7. The molecule has 1 fully saturated rings. The fourth-order valence-corrected chi connectivity index (χ4v) is 12.0. The van der Waals surface area contributed by atoms with Crippen molar-refractivity contribution in [2.24, 2.45) is 0 Å². The molecule has 0 radical (unpaired) electrons. The van der Waals surface area contributed by atoms with Gasteiger partial charge >= 0.3 is 0 Å². The first kappa shape index (κ1) is 38.5. The molecular formula is C63H51N. The standard InChI is InChI=1S/C63H51N/c1-62(2)57-34-14-11-30-53(57)56-33-20-32-48(61(56)62)44-23-19-24-45(41-44)64(46-37-38-54-52-29-12-15-35-58(52)63(59(54)42-46)39-17-4-18-40-63)60-36-16-13-31-55(60)51-28-10-9-27-50(51)49-26-8-7-25-47(49)43-21-5-3-6-22-43/h3,5-16,19-38,41-42H,4,17-18,39-40H2,1-2H3. The minimum absolute atomic E-state index is 0.0339. The van der Waals surface area contributed by atoms with Gasteiger partial charge < -0.3 is 4.90 Å². The Morgan fingerprint density at radius 2 is 0.828 bits per heavy atom. The number of benzene rings is 9. The molecule has 1 saturated carbocycles. The van der Waals surface area contributed by atoms with Crippen LogP contribution < -0.4 is 4.90 Å².